The molecule has 1 aromatic heterocycles. The molecular weight excluding hydrogens is 314 g/mol. The maximum atomic E-state index is 11.9. The minimum Gasteiger partial charge on any atom is -0.410 e. The van der Waals surface area contributed by atoms with Crippen molar-refractivity contribution in [3.05, 3.63) is 41.8 Å². The number of rotatable bonds is 4. The van der Waals surface area contributed by atoms with Gasteiger partial charge in [-0.15, -0.1) is 11.3 Å². The number of amides is 1. The van der Waals surface area contributed by atoms with Gasteiger partial charge in [-0.3, -0.25) is 4.90 Å². The maximum absolute atomic E-state index is 11.9. The number of nitrogens with zero attached hydrogens (tertiary/aromatic N) is 1. The van der Waals surface area contributed by atoms with Crippen LogP contribution in [0.15, 0.2) is 41.8 Å². The third kappa shape index (κ3) is 4.47. The Hall–Kier alpha value is -2.06. The quantitative estimate of drug-likeness (QED) is 0.807. The Morgan fingerprint density at radius 2 is 1.76 bits per heavy atom. The van der Waals surface area contributed by atoms with Crippen LogP contribution in [0.4, 0.5) is 9.80 Å². The average Bonchev–Trinajstić information content (AvgIpc) is 2.92. The van der Waals surface area contributed by atoms with E-state index in [9.17, 15) is 13.2 Å². The molecular formula is C13H13NO5S2. The highest BCUT2D eigenvalue weighted by molar-refractivity contribution is 7.86. The lowest BCUT2D eigenvalue weighted by atomic mass is 10.3. The van der Waals surface area contributed by atoms with E-state index in [0.717, 1.165) is 11.3 Å². The topological polar surface area (TPSA) is 72.9 Å². The summed E-state index contributed by atoms with van der Waals surface area (Å²) in [4.78, 5) is 13.3. The molecule has 112 valence electrons. The van der Waals surface area contributed by atoms with E-state index in [4.69, 9.17) is 8.92 Å². The lowest BCUT2D eigenvalue weighted by Crippen LogP contribution is -2.28. The van der Waals surface area contributed by atoms with Crippen molar-refractivity contribution in [2.45, 2.75) is 0 Å². The molecule has 0 radical (unpaired) electrons. The van der Waals surface area contributed by atoms with Crippen molar-refractivity contribution < 1.29 is 22.1 Å². The van der Waals surface area contributed by atoms with Gasteiger partial charge in [-0.25, -0.2) is 4.79 Å². The van der Waals surface area contributed by atoms with Gasteiger partial charge >= 0.3 is 16.2 Å². The number of ether oxygens (including phenoxy) is 1. The number of hydrogen-bond donors (Lipinski definition) is 0. The van der Waals surface area contributed by atoms with E-state index in [1.807, 2.05) is 11.4 Å². The summed E-state index contributed by atoms with van der Waals surface area (Å²) in [5.41, 5.74) is 0. The zero-order valence-electron chi connectivity index (χ0n) is 11.3. The summed E-state index contributed by atoms with van der Waals surface area (Å²) in [5, 5.41) is 2.62. The summed E-state index contributed by atoms with van der Waals surface area (Å²) in [6.07, 6.45) is 0.422. The molecule has 1 heterocycles. The predicted octanol–water partition coefficient (Wildman–Crippen LogP) is 2.72. The molecule has 0 unspecified atom stereocenters. The second kappa shape index (κ2) is 6.15. The third-order valence-corrected chi connectivity index (χ3v) is 3.83. The molecule has 0 saturated carbocycles. The largest absolute Gasteiger partial charge is 0.420 e. The van der Waals surface area contributed by atoms with Crippen LogP contribution in [-0.4, -0.2) is 27.8 Å². The van der Waals surface area contributed by atoms with Crippen LogP contribution in [-0.2, 0) is 10.1 Å². The summed E-state index contributed by atoms with van der Waals surface area (Å²) in [6, 6.07) is 9.38. The highest BCUT2D eigenvalue weighted by Gasteiger charge is 2.14. The number of carbonyl (C=O) groups is 1. The molecule has 0 atom stereocenters. The van der Waals surface area contributed by atoms with Gasteiger partial charge in [0, 0.05) is 7.05 Å². The van der Waals surface area contributed by atoms with Crippen molar-refractivity contribution in [2.24, 2.45) is 0 Å². The summed E-state index contributed by atoms with van der Waals surface area (Å²) in [5.74, 6) is 0.452. The van der Waals surface area contributed by atoms with Gasteiger partial charge in [0.1, 0.15) is 16.5 Å². The Balaban J connectivity index is 2.02. The minimum atomic E-state index is -3.57. The fourth-order valence-electron chi connectivity index (χ4n) is 1.46. The first-order chi connectivity index (χ1) is 9.85. The molecule has 0 N–H and O–H groups in total. The highest BCUT2D eigenvalue weighted by atomic mass is 32.2. The molecule has 0 aliphatic heterocycles. The summed E-state index contributed by atoms with van der Waals surface area (Å²) >= 11 is 1.42. The number of hydrogen-bond acceptors (Lipinski definition) is 6. The fraction of sp³-hybridized carbons (Fsp3) is 0.154. The summed E-state index contributed by atoms with van der Waals surface area (Å²) in [7, 11) is -1.96. The molecule has 2 aromatic rings. The van der Waals surface area contributed by atoms with Crippen LogP contribution >= 0.6 is 11.3 Å². The summed E-state index contributed by atoms with van der Waals surface area (Å²) in [6.45, 7) is 0. The molecule has 8 heteroatoms. The van der Waals surface area contributed by atoms with Crippen LogP contribution in [0.1, 0.15) is 0 Å². The van der Waals surface area contributed by atoms with E-state index in [2.05, 4.69) is 0 Å². The smallest absolute Gasteiger partial charge is 0.410 e. The highest BCUT2D eigenvalue weighted by Crippen LogP contribution is 2.23. The van der Waals surface area contributed by atoms with E-state index in [-0.39, 0.29) is 5.75 Å². The Labute approximate surface area is 126 Å². The standard InChI is InChI=1S/C13H13NO5S2/c1-14(12-4-3-9-20-12)13(15)18-10-5-7-11(8-6-10)19-21(2,16)17/h3-9H,1-2H3. The van der Waals surface area contributed by atoms with Crippen LogP contribution < -0.4 is 13.8 Å². The predicted molar refractivity (Wildman–Crippen MR) is 80.7 cm³/mol. The molecule has 21 heavy (non-hydrogen) atoms. The van der Waals surface area contributed by atoms with Gasteiger partial charge in [0.25, 0.3) is 0 Å². The van der Waals surface area contributed by atoms with E-state index in [1.54, 1.807) is 13.1 Å². The second-order valence-corrected chi connectivity index (χ2v) is 6.64. The van der Waals surface area contributed by atoms with Crippen molar-refractivity contribution in [3.8, 4) is 11.5 Å². The first-order valence-electron chi connectivity index (χ1n) is 5.84. The number of benzene rings is 1. The first-order valence-corrected chi connectivity index (χ1v) is 8.53. The van der Waals surface area contributed by atoms with E-state index >= 15 is 0 Å². The first kappa shape index (κ1) is 15.3. The van der Waals surface area contributed by atoms with Gasteiger partial charge in [0.2, 0.25) is 0 Å². The van der Waals surface area contributed by atoms with E-state index in [0.29, 0.717) is 5.75 Å². The molecule has 6 nitrogen and oxygen atoms in total. The molecule has 1 aromatic carbocycles. The van der Waals surface area contributed by atoms with Gasteiger partial charge in [0.05, 0.1) is 6.26 Å². The molecule has 0 spiro atoms. The SMILES string of the molecule is CN(C(=O)Oc1ccc(OS(C)(=O)=O)cc1)c1cccs1. The van der Waals surface area contributed by atoms with Crippen LogP contribution in [0.3, 0.4) is 0 Å². The molecule has 0 bridgehead atoms. The Morgan fingerprint density at radius 3 is 2.29 bits per heavy atom. The van der Waals surface area contributed by atoms with Gasteiger partial charge in [0.15, 0.2) is 0 Å². The monoisotopic (exact) mass is 327 g/mol. The van der Waals surface area contributed by atoms with Crippen molar-refractivity contribution >= 4 is 32.5 Å². The third-order valence-electron chi connectivity index (χ3n) is 2.39. The Bertz CT molecular complexity index is 708. The van der Waals surface area contributed by atoms with Crippen LogP contribution in [0.2, 0.25) is 0 Å². The summed E-state index contributed by atoms with van der Waals surface area (Å²) < 4.78 is 31.8. The molecule has 0 aliphatic carbocycles. The molecule has 2 rings (SSSR count). The lowest BCUT2D eigenvalue weighted by molar-refractivity contribution is 0.209. The van der Waals surface area contributed by atoms with Crippen molar-refractivity contribution in [1.29, 1.82) is 0 Å². The Morgan fingerprint density at radius 1 is 1.14 bits per heavy atom. The van der Waals surface area contributed by atoms with E-state index in [1.165, 1.54) is 40.5 Å². The fourth-order valence-corrected chi connectivity index (χ4v) is 2.61. The lowest BCUT2D eigenvalue weighted by Gasteiger charge is -2.14. The van der Waals surface area contributed by atoms with Gasteiger partial charge in [-0.2, -0.15) is 8.42 Å². The van der Waals surface area contributed by atoms with Crippen LogP contribution in [0, 0.1) is 0 Å². The average molecular weight is 327 g/mol. The van der Waals surface area contributed by atoms with E-state index < -0.39 is 16.2 Å². The second-order valence-electron chi connectivity index (χ2n) is 4.14. The van der Waals surface area contributed by atoms with Crippen LogP contribution in [0.25, 0.3) is 0 Å². The van der Waals surface area contributed by atoms with Crippen molar-refractivity contribution in [2.75, 3.05) is 18.2 Å². The molecule has 0 saturated heterocycles. The molecule has 1 amide bonds. The number of anilines is 1. The van der Waals surface area contributed by atoms with Crippen LogP contribution in [0.5, 0.6) is 11.5 Å². The molecule has 0 fully saturated rings. The maximum Gasteiger partial charge on any atom is 0.420 e. The zero-order valence-corrected chi connectivity index (χ0v) is 13.0. The Kier molecular flexibility index (Phi) is 4.49. The number of thiophene rings is 1. The van der Waals surface area contributed by atoms with Gasteiger partial charge in [-0.05, 0) is 41.8 Å². The van der Waals surface area contributed by atoms with Crippen molar-refractivity contribution in [3.63, 3.8) is 0 Å². The van der Waals surface area contributed by atoms with Gasteiger partial charge in [-0.1, -0.05) is 0 Å². The van der Waals surface area contributed by atoms with Crippen molar-refractivity contribution in [1.82, 2.24) is 0 Å². The zero-order chi connectivity index (χ0) is 15.5. The normalized spacial score (nSPS) is 11.0. The minimum absolute atomic E-state index is 0.156. The van der Waals surface area contributed by atoms with Gasteiger partial charge < -0.3 is 8.92 Å². The number of carbonyl (C=O) groups excluding carboxylic acids is 1. The molecule has 0 aliphatic rings.